The lowest BCUT2D eigenvalue weighted by atomic mass is 10.0. The lowest BCUT2D eigenvalue weighted by Crippen LogP contribution is -2.30. The summed E-state index contributed by atoms with van der Waals surface area (Å²) < 4.78 is 0. The maximum atomic E-state index is 10.3. The van der Waals surface area contributed by atoms with Crippen molar-refractivity contribution >= 4 is 0 Å². The molecule has 4 heteroatoms. The van der Waals surface area contributed by atoms with Crippen LogP contribution < -0.4 is 0 Å². The van der Waals surface area contributed by atoms with Gasteiger partial charge in [0, 0.05) is 11.8 Å². The molecule has 0 amide bonds. The van der Waals surface area contributed by atoms with Gasteiger partial charge in [0.25, 0.3) is 0 Å². The molecule has 0 spiro atoms. The standard InChI is InChI=1S/C10H21NO3/c1-3-4-5-6-7-8-10(12)9(2)11(13)14/h9-10,12H,3-8H2,1-2H3. The second kappa shape index (κ2) is 7.74. The second-order valence-electron chi connectivity index (χ2n) is 3.80. The second-order valence-corrected chi connectivity index (χ2v) is 3.80. The van der Waals surface area contributed by atoms with Crippen molar-refractivity contribution in [1.29, 1.82) is 0 Å². The maximum absolute atomic E-state index is 10.3. The Bertz CT molecular complexity index is 161. The van der Waals surface area contributed by atoms with E-state index in [2.05, 4.69) is 6.92 Å². The van der Waals surface area contributed by atoms with E-state index >= 15 is 0 Å². The van der Waals surface area contributed by atoms with Crippen LogP contribution >= 0.6 is 0 Å². The summed E-state index contributed by atoms with van der Waals surface area (Å²) in [5.74, 6) is 0. The first-order valence-electron chi connectivity index (χ1n) is 5.41. The van der Waals surface area contributed by atoms with Crippen LogP contribution in [0.15, 0.2) is 0 Å². The third-order valence-electron chi connectivity index (χ3n) is 2.49. The molecule has 2 unspecified atom stereocenters. The molecule has 0 rings (SSSR count). The molecule has 0 radical (unpaired) electrons. The molecule has 4 nitrogen and oxygen atoms in total. The van der Waals surface area contributed by atoms with E-state index in [1.54, 1.807) is 0 Å². The van der Waals surface area contributed by atoms with Gasteiger partial charge >= 0.3 is 0 Å². The Hall–Kier alpha value is -0.640. The quantitative estimate of drug-likeness (QED) is 0.374. The zero-order valence-electron chi connectivity index (χ0n) is 9.11. The molecule has 14 heavy (non-hydrogen) atoms. The minimum Gasteiger partial charge on any atom is -0.386 e. The molecule has 0 bridgehead atoms. The summed E-state index contributed by atoms with van der Waals surface area (Å²) in [6.07, 6.45) is 5.28. The highest BCUT2D eigenvalue weighted by molar-refractivity contribution is 4.62. The van der Waals surface area contributed by atoms with E-state index in [0.717, 1.165) is 19.3 Å². The van der Waals surface area contributed by atoms with Gasteiger partial charge in [0.1, 0.15) is 6.10 Å². The van der Waals surface area contributed by atoms with Gasteiger partial charge in [0.2, 0.25) is 6.04 Å². The molecule has 1 N–H and O–H groups in total. The van der Waals surface area contributed by atoms with Crippen LogP contribution in [-0.2, 0) is 0 Å². The molecule has 2 atom stereocenters. The first-order chi connectivity index (χ1) is 6.59. The largest absolute Gasteiger partial charge is 0.386 e. The van der Waals surface area contributed by atoms with Crippen LogP contribution in [0.25, 0.3) is 0 Å². The molecule has 0 aliphatic rings. The van der Waals surface area contributed by atoms with Crippen molar-refractivity contribution in [2.45, 2.75) is 64.5 Å². The smallest absolute Gasteiger partial charge is 0.235 e. The van der Waals surface area contributed by atoms with Gasteiger partial charge in [0.15, 0.2) is 0 Å². The van der Waals surface area contributed by atoms with Crippen molar-refractivity contribution in [2.75, 3.05) is 0 Å². The summed E-state index contributed by atoms with van der Waals surface area (Å²) in [6.45, 7) is 3.60. The van der Waals surface area contributed by atoms with Gasteiger partial charge in [-0.05, 0) is 6.42 Å². The SMILES string of the molecule is CCCCCCCC(O)C(C)[N+](=O)[O-]. The lowest BCUT2D eigenvalue weighted by molar-refractivity contribution is -0.530. The topological polar surface area (TPSA) is 63.4 Å². The predicted molar refractivity (Wildman–Crippen MR) is 55.8 cm³/mol. The molecule has 0 heterocycles. The molecule has 0 aromatic rings. The van der Waals surface area contributed by atoms with Crippen molar-refractivity contribution in [3.8, 4) is 0 Å². The van der Waals surface area contributed by atoms with E-state index in [4.69, 9.17) is 0 Å². The fourth-order valence-electron chi connectivity index (χ4n) is 1.34. The highest BCUT2D eigenvalue weighted by Gasteiger charge is 2.22. The van der Waals surface area contributed by atoms with Gasteiger partial charge in [0.05, 0.1) is 0 Å². The minimum absolute atomic E-state index is 0.420. The highest BCUT2D eigenvalue weighted by atomic mass is 16.6. The fraction of sp³-hybridized carbons (Fsp3) is 1.00. The van der Waals surface area contributed by atoms with Gasteiger partial charge < -0.3 is 5.11 Å². The lowest BCUT2D eigenvalue weighted by Gasteiger charge is -2.11. The Balaban J connectivity index is 3.43. The van der Waals surface area contributed by atoms with Crippen molar-refractivity contribution in [3.63, 3.8) is 0 Å². The number of hydrogen-bond donors (Lipinski definition) is 1. The Kier molecular flexibility index (Phi) is 7.38. The Morgan fingerprint density at radius 3 is 2.36 bits per heavy atom. The third kappa shape index (κ3) is 5.91. The monoisotopic (exact) mass is 203 g/mol. The summed E-state index contributed by atoms with van der Waals surface area (Å²) in [5, 5.41) is 19.7. The number of aliphatic hydroxyl groups excluding tert-OH is 1. The molecule has 0 saturated carbocycles. The first kappa shape index (κ1) is 13.4. The number of unbranched alkanes of at least 4 members (excludes halogenated alkanes) is 4. The van der Waals surface area contributed by atoms with Gasteiger partial charge in [-0.25, -0.2) is 0 Å². The van der Waals surface area contributed by atoms with E-state index in [0.29, 0.717) is 6.42 Å². The van der Waals surface area contributed by atoms with Crippen LogP contribution in [0.2, 0.25) is 0 Å². The summed E-state index contributed by atoms with van der Waals surface area (Å²) >= 11 is 0. The van der Waals surface area contributed by atoms with E-state index in [9.17, 15) is 15.2 Å². The molecule has 0 saturated heterocycles. The van der Waals surface area contributed by atoms with E-state index in [-0.39, 0.29) is 0 Å². The Morgan fingerprint density at radius 1 is 1.29 bits per heavy atom. The van der Waals surface area contributed by atoms with Gasteiger partial charge in [-0.3, -0.25) is 10.1 Å². The van der Waals surface area contributed by atoms with Crippen LogP contribution in [0, 0.1) is 10.1 Å². The molecule has 84 valence electrons. The van der Waals surface area contributed by atoms with Gasteiger partial charge in [-0.2, -0.15) is 0 Å². The van der Waals surface area contributed by atoms with Crippen molar-refractivity contribution in [3.05, 3.63) is 10.1 Å². The predicted octanol–water partition coefficient (Wildman–Crippen LogP) is 2.37. The molecule has 0 aliphatic carbocycles. The zero-order valence-corrected chi connectivity index (χ0v) is 9.11. The van der Waals surface area contributed by atoms with Crippen LogP contribution in [-0.4, -0.2) is 22.2 Å². The molecule has 0 aromatic carbocycles. The van der Waals surface area contributed by atoms with Crippen molar-refractivity contribution in [1.82, 2.24) is 0 Å². The minimum atomic E-state index is -0.832. The van der Waals surface area contributed by atoms with Crippen LogP contribution in [0.1, 0.15) is 52.4 Å². The first-order valence-corrected chi connectivity index (χ1v) is 5.41. The Morgan fingerprint density at radius 2 is 1.86 bits per heavy atom. The van der Waals surface area contributed by atoms with Crippen LogP contribution in [0.5, 0.6) is 0 Å². The number of nitro groups is 1. The maximum Gasteiger partial charge on any atom is 0.235 e. The molecular formula is C10H21NO3. The van der Waals surface area contributed by atoms with Gasteiger partial charge in [-0.15, -0.1) is 0 Å². The summed E-state index contributed by atoms with van der Waals surface area (Å²) in [5.41, 5.74) is 0. The molecular weight excluding hydrogens is 182 g/mol. The van der Waals surface area contributed by atoms with E-state index in [1.165, 1.54) is 19.8 Å². The van der Waals surface area contributed by atoms with Crippen molar-refractivity contribution < 1.29 is 10.0 Å². The van der Waals surface area contributed by atoms with Crippen molar-refractivity contribution in [2.24, 2.45) is 0 Å². The van der Waals surface area contributed by atoms with Crippen LogP contribution in [0.4, 0.5) is 0 Å². The average Bonchev–Trinajstić information content (AvgIpc) is 2.16. The summed E-state index contributed by atoms with van der Waals surface area (Å²) in [6, 6.07) is -0.832. The van der Waals surface area contributed by atoms with E-state index in [1.807, 2.05) is 0 Å². The molecule has 0 aliphatic heterocycles. The number of aliphatic hydroxyl groups is 1. The normalized spacial score (nSPS) is 15.1. The Labute approximate surface area is 85.5 Å². The van der Waals surface area contributed by atoms with Gasteiger partial charge in [-0.1, -0.05) is 39.0 Å². The highest BCUT2D eigenvalue weighted by Crippen LogP contribution is 2.10. The molecule has 0 aromatic heterocycles. The molecule has 0 fully saturated rings. The number of hydrogen-bond acceptors (Lipinski definition) is 3. The zero-order chi connectivity index (χ0) is 11.0. The van der Waals surface area contributed by atoms with E-state index < -0.39 is 17.1 Å². The summed E-state index contributed by atoms with van der Waals surface area (Å²) in [4.78, 5) is 9.90. The third-order valence-corrected chi connectivity index (χ3v) is 2.49. The average molecular weight is 203 g/mol. The number of nitrogens with zero attached hydrogens (tertiary/aromatic N) is 1. The number of rotatable bonds is 8. The van der Waals surface area contributed by atoms with Crippen LogP contribution in [0.3, 0.4) is 0 Å². The summed E-state index contributed by atoms with van der Waals surface area (Å²) in [7, 11) is 0. The fourth-order valence-corrected chi connectivity index (χ4v) is 1.34.